The van der Waals surface area contributed by atoms with E-state index in [-0.39, 0.29) is 0 Å². The van der Waals surface area contributed by atoms with Crippen LogP contribution in [0.5, 0.6) is 0 Å². The molecular weight excluding hydrogens is 226 g/mol. The van der Waals surface area contributed by atoms with E-state index >= 15 is 0 Å². The Morgan fingerprint density at radius 1 is 1.50 bits per heavy atom. The van der Waals surface area contributed by atoms with Crippen LogP contribution in [0, 0.1) is 13.8 Å². The summed E-state index contributed by atoms with van der Waals surface area (Å²) in [5, 5.41) is 7.88. The summed E-state index contributed by atoms with van der Waals surface area (Å²) < 4.78 is 7.41. The Bertz CT molecular complexity index is 448. The van der Waals surface area contributed by atoms with E-state index < -0.39 is 0 Å². The van der Waals surface area contributed by atoms with Gasteiger partial charge in [0.25, 0.3) is 0 Å². The van der Waals surface area contributed by atoms with Crippen LogP contribution in [0.15, 0.2) is 11.8 Å². The van der Waals surface area contributed by atoms with E-state index in [1.807, 2.05) is 25.0 Å². The van der Waals surface area contributed by atoms with E-state index in [4.69, 9.17) is 4.74 Å². The van der Waals surface area contributed by atoms with E-state index in [0.29, 0.717) is 6.04 Å². The second kappa shape index (κ2) is 5.57. The van der Waals surface area contributed by atoms with Gasteiger partial charge in [0.1, 0.15) is 0 Å². The molecule has 0 amide bonds. The average molecular weight is 249 g/mol. The summed E-state index contributed by atoms with van der Waals surface area (Å²) in [6, 6.07) is 0.354. The fourth-order valence-electron chi connectivity index (χ4n) is 2.58. The van der Waals surface area contributed by atoms with Crippen LogP contribution >= 0.6 is 0 Å². The van der Waals surface area contributed by atoms with Crippen molar-refractivity contribution in [2.45, 2.75) is 39.2 Å². The van der Waals surface area contributed by atoms with Crippen molar-refractivity contribution in [2.75, 3.05) is 13.7 Å². The zero-order valence-corrected chi connectivity index (χ0v) is 11.8. The molecule has 100 valence electrons. The monoisotopic (exact) mass is 249 g/mol. The van der Waals surface area contributed by atoms with Gasteiger partial charge in [-0.1, -0.05) is 0 Å². The highest BCUT2D eigenvalue weighted by Gasteiger charge is 2.19. The largest absolute Gasteiger partial charge is 0.501 e. The normalized spacial score (nSPS) is 17.2. The summed E-state index contributed by atoms with van der Waals surface area (Å²) in [6.07, 6.45) is 5.17. The third kappa shape index (κ3) is 2.58. The lowest BCUT2D eigenvalue weighted by Crippen LogP contribution is -2.31. The van der Waals surface area contributed by atoms with Gasteiger partial charge in [0.2, 0.25) is 0 Å². The van der Waals surface area contributed by atoms with Crippen LogP contribution in [0.25, 0.3) is 0 Å². The number of rotatable bonds is 4. The van der Waals surface area contributed by atoms with Crippen LogP contribution in [0.1, 0.15) is 29.8 Å². The van der Waals surface area contributed by atoms with Crippen LogP contribution < -0.4 is 5.32 Å². The molecule has 1 aliphatic rings. The fraction of sp³-hybridized carbons (Fsp3) is 0.643. The van der Waals surface area contributed by atoms with Crippen molar-refractivity contribution in [3.05, 3.63) is 28.8 Å². The highest BCUT2D eigenvalue weighted by molar-refractivity contribution is 5.28. The number of nitrogens with one attached hydrogen (secondary N) is 1. The number of likely N-dealkylation sites (N-methyl/N-ethyl adjacent to an activating group) is 1. The summed E-state index contributed by atoms with van der Waals surface area (Å²) in [5.74, 6) is 0. The molecule has 2 heterocycles. The highest BCUT2D eigenvalue weighted by Crippen LogP contribution is 2.21. The first-order valence-corrected chi connectivity index (χ1v) is 6.60. The molecule has 0 aromatic carbocycles. The van der Waals surface area contributed by atoms with Gasteiger partial charge in [0.15, 0.2) is 0 Å². The predicted octanol–water partition coefficient (Wildman–Crippen LogP) is 1.86. The van der Waals surface area contributed by atoms with Gasteiger partial charge >= 0.3 is 0 Å². The molecule has 4 heteroatoms. The first-order valence-electron chi connectivity index (χ1n) is 6.60. The van der Waals surface area contributed by atoms with Gasteiger partial charge < -0.3 is 10.1 Å². The van der Waals surface area contributed by atoms with Crippen molar-refractivity contribution in [1.82, 2.24) is 15.1 Å². The molecule has 2 rings (SSSR count). The average Bonchev–Trinajstić information content (AvgIpc) is 2.62. The second-order valence-electron chi connectivity index (χ2n) is 4.99. The van der Waals surface area contributed by atoms with E-state index in [9.17, 15) is 0 Å². The molecule has 0 spiro atoms. The molecule has 0 bridgehead atoms. The third-order valence-electron chi connectivity index (χ3n) is 3.83. The van der Waals surface area contributed by atoms with Crippen LogP contribution in [0.3, 0.4) is 0 Å². The molecule has 0 fully saturated rings. The maximum Gasteiger partial charge on any atom is 0.0876 e. The molecule has 1 atom stereocenters. The van der Waals surface area contributed by atoms with Crippen LogP contribution in [-0.2, 0) is 18.2 Å². The lowest BCUT2D eigenvalue weighted by atomic mass is 9.95. The van der Waals surface area contributed by atoms with Gasteiger partial charge in [-0.25, -0.2) is 0 Å². The third-order valence-corrected chi connectivity index (χ3v) is 3.83. The van der Waals surface area contributed by atoms with Gasteiger partial charge in [-0.3, -0.25) is 4.68 Å². The van der Waals surface area contributed by atoms with E-state index in [1.54, 1.807) is 0 Å². The minimum Gasteiger partial charge on any atom is -0.501 e. The standard InChI is InChI=1S/C14H23N3O/c1-10-13(11(2)17(4)16-10)8-14(15-3)12-6-5-7-18-9-12/h9,14-15H,5-8H2,1-4H3. The highest BCUT2D eigenvalue weighted by atomic mass is 16.5. The van der Waals surface area contributed by atoms with Gasteiger partial charge in [-0.15, -0.1) is 0 Å². The lowest BCUT2D eigenvalue weighted by molar-refractivity contribution is 0.219. The summed E-state index contributed by atoms with van der Waals surface area (Å²) in [7, 11) is 4.02. The molecule has 1 N–H and O–H groups in total. The van der Waals surface area contributed by atoms with Gasteiger partial charge in [-0.05, 0) is 51.3 Å². The minimum atomic E-state index is 0.354. The van der Waals surface area contributed by atoms with Gasteiger partial charge in [0.05, 0.1) is 18.6 Å². The smallest absolute Gasteiger partial charge is 0.0876 e. The van der Waals surface area contributed by atoms with Crippen molar-refractivity contribution in [3.63, 3.8) is 0 Å². The molecule has 1 aliphatic heterocycles. The topological polar surface area (TPSA) is 39.1 Å². The maximum atomic E-state index is 5.45. The summed E-state index contributed by atoms with van der Waals surface area (Å²) in [6.45, 7) is 5.07. The Labute approximate surface area is 109 Å². The first kappa shape index (κ1) is 13.1. The second-order valence-corrected chi connectivity index (χ2v) is 4.99. The molecule has 0 radical (unpaired) electrons. The number of nitrogens with zero attached hydrogens (tertiary/aromatic N) is 2. The number of aryl methyl sites for hydroxylation is 2. The summed E-state index contributed by atoms with van der Waals surface area (Å²) in [4.78, 5) is 0. The van der Waals surface area contributed by atoms with Crippen molar-refractivity contribution >= 4 is 0 Å². The molecule has 1 aromatic rings. The van der Waals surface area contributed by atoms with Crippen molar-refractivity contribution in [1.29, 1.82) is 0 Å². The Kier molecular flexibility index (Phi) is 4.07. The quantitative estimate of drug-likeness (QED) is 0.885. The van der Waals surface area contributed by atoms with Crippen molar-refractivity contribution < 1.29 is 4.74 Å². The molecule has 1 aromatic heterocycles. The molecule has 0 aliphatic carbocycles. The SMILES string of the molecule is CNC(Cc1c(C)nn(C)c1C)C1=COCCC1. The first-order chi connectivity index (χ1) is 8.63. The fourth-order valence-corrected chi connectivity index (χ4v) is 2.58. The Balaban J connectivity index is 2.17. The summed E-state index contributed by atoms with van der Waals surface area (Å²) >= 11 is 0. The zero-order chi connectivity index (χ0) is 13.1. The Morgan fingerprint density at radius 3 is 2.78 bits per heavy atom. The molecule has 0 saturated carbocycles. The van der Waals surface area contributed by atoms with Gasteiger partial charge in [0, 0.05) is 18.8 Å². The maximum absolute atomic E-state index is 5.45. The molecule has 0 saturated heterocycles. The molecule has 4 nitrogen and oxygen atoms in total. The van der Waals surface area contributed by atoms with Crippen molar-refractivity contribution in [2.24, 2.45) is 7.05 Å². The van der Waals surface area contributed by atoms with Gasteiger partial charge in [-0.2, -0.15) is 5.10 Å². The molecule has 1 unspecified atom stereocenters. The van der Waals surface area contributed by atoms with Crippen molar-refractivity contribution in [3.8, 4) is 0 Å². The number of ether oxygens (including phenoxy) is 1. The Morgan fingerprint density at radius 2 is 2.28 bits per heavy atom. The van der Waals surface area contributed by atoms with Crippen LogP contribution in [0.2, 0.25) is 0 Å². The molecular formula is C14H23N3O. The minimum absolute atomic E-state index is 0.354. The van der Waals surface area contributed by atoms with E-state index in [2.05, 4.69) is 24.3 Å². The molecule has 18 heavy (non-hydrogen) atoms. The zero-order valence-electron chi connectivity index (χ0n) is 11.8. The predicted molar refractivity (Wildman–Crippen MR) is 72.5 cm³/mol. The summed E-state index contributed by atoms with van der Waals surface area (Å²) in [5.41, 5.74) is 5.10. The van der Waals surface area contributed by atoms with Crippen LogP contribution in [-0.4, -0.2) is 29.5 Å². The van der Waals surface area contributed by atoms with E-state index in [1.165, 1.54) is 16.8 Å². The van der Waals surface area contributed by atoms with Crippen LogP contribution in [0.4, 0.5) is 0 Å². The van der Waals surface area contributed by atoms with E-state index in [0.717, 1.165) is 31.6 Å². The Hall–Kier alpha value is -1.29. The number of hydrogen-bond donors (Lipinski definition) is 1. The lowest BCUT2D eigenvalue weighted by Gasteiger charge is -2.23. The number of aromatic nitrogens is 2. The number of hydrogen-bond acceptors (Lipinski definition) is 3.